The number of amides is 1. The van der Waals surface area contributed by atoms with Crippen molar-refractivity contribution in [3.63, 3.8) is 0 Å². The Morgan fingerprint density at radius 1 is 1.08 bits per heavy atom. The van der Waals surface area contributed by atoms with Crippen molar-refractivity contribution >= 4 is 44.3 Å². The molecule has 1 aromatic heterocycles. The molecule has 0 bridgehead atoms. The van der Waals surface area contributed by atoms with Crippen molar-refractivity contribution in [3.05, 3.63) is 64.1 Å². The van der Waals surface area contributed by atoms with Crippen LogP contribution in [-0.4, -0.2) is 36.2 Å². The van der Waals surface area contributed by atoms with E-state index in [1.807, 2.05) is 24.3 Å². The van der Waals surface area contributed by atoms with Gasteiger partial charge in [-0.15, -0.1) is 10.2 Å². The van der Waals surface area contributed by atoms with Crippen molar-refractivity contribution in [1.29, 1.82) is 0 Å². The van der Waals surface area contributed by atoms with Crippen LogP contribution in [0.5, 0.6) is 0 Å². The van der Waals surface area contributed by atoms with Gasteiger partial charge in [0.05, 0.1) is 12.7 Å². The minimum absolute atomic E-state index is 0.283. The first-order chi connectivity index (χ1) is 12.5. The zero-order valence-electron chi connectivity index (χ0n) is 14.0. The summed E-state index contributed by atoms with van der Waals surface area (Å²) in [5.41, 5.74) is 1.61. The summed E-state index contributed by atoms with van der Waals surface area (Å²) in [6.07, 6.45) is 0. The molecule has 132 valence electrons. The largest absolute Gasteiger partial charge is 0.465 e. The van der Waals surface area contributed by atoms with E-state index in [2.05, 4.69) is 30.9 Å². The number of carbonyl (C=O) groups is 2. The Hall–Kier alpha value is -2.58. The van der Waals surface area contributed by atoms with Crippen LogP contribution in [0.25, 0.3) is 10.6 Å². The maximum absolute atomic E-state index is 12.7. The fraction of sp³-hybridized carbons (Fsp3) is 0.111. The average Bonchev–Trinajstić information content (AvgIpc) is 3.17. The van der Waals surface area contributed by atoms with E-state index >= 15 is 0 Å². The molecule has 0 unspecified atom stereocenters. The van der Waals surface area contributed by atoms with Crippen LogP contribution < -0.4 is 4.90 Å². The van der Waals surface area contributed by atoms with Gasteiger partial charge in [-0.2, -0.15) is 0 Å². The minimum Gasteiger partial charge on any atom is -0.465 e. The molecule has 0 spiro atoms. The number of halogens is 1. The summed E-state index contributed by atoms with van der Waals surface area (Å²) in [5.74, 6) is -0.773. The van der Waals surface area contributed by atoms with Crippen molar-refractivity contribution < 1.29 is 14.3 Å². The van der Waals surface area contributed by atoms with Crippen LogP contribution in [0.15, 0.2) is 53.0 Å². The molecule has 26 heavy (non-hydrogen) atoms. The molecule has 0 aliphatic heterocycles. The van der Waals surface area contributed by atoms with E-state index in [1.165, 1.54) is 29.4 Å². The maximum Gasteiger partial charge on any atom is 0.337 e. The van der Waals surface area contributed by atoms with Crippen LogP contribution in [0, 0.1) is 0 Å². The quantitative estimate of drug-likeness (QED) is 0.583. The first-order valence-electron chi connectivity index (χ1n) is 7.55. The highest BCUT2D eigenvalue weighted by molar-refractivity contribution is 9.10. The van der Waals surface area contributed by atoms with Gasteiger partial charge in [0.25, 0.3) is 5.91 Å². The molecule has 0 aliphatic rings. The van der Waals surface area contributed by atoms with Crippen LogP contribution in [0.4, 0.5) is 5.13 Å². The Labute approximate surface area is 162 Å². The molecule has 0 saturated carbocycles. The predicted octanol–water partition coefficient (Wildman–Crippen LogP) is 4.03. The van der Waals surface area contributed by atoms with E-state index in [0.29, 0.717) is 16.3 Å². The second-order valence-corrected chi connectivity index (χ2v) is 7.20. The van der Waals surface area contributed by atoms with Crippen molar-refractivity contribution in [2.45, 2.75) is 0 Å². The standard InChI is InChI=1S/C18H14BrN3O3S/c1-22(16(23)12-4-3-5-13(10-12)17(24)25-2)18-21-20-15(26-18)11-6-8-14(19)9-7-11/h3-10H,1-2H3. The molecule has 1 amide bonds. The number of nitrogens with zero attached hydrogens (tertiary/aromatic N) is 3. The summed E-state index contributed by atoms with van der Waals surface area (Å²) in [5, 5.41) is 9.45. The van der Waals surface area contributed by atoms with E-state index in [0.717, 1.165) is 15.0 Å². The number of carbonyl (C=O) groups excluding carboxylic acids is 2. The summed E-state index contributed by atoms with van der Waals surface area (Å²) >= 11 is 4.71. The first kappa shape index (κ1) is 18.2. The number of esters is 1. The Kier molecular flexibility index (Phi) is 5.43. The molecular formula is C18H14BrN3O3S. The topological polar surface area (TPSA) is 72.4 Å². The molecule has 0 N–H and O–H groups in total. The van der Waals surface area contributed by atoms with Crippen LogP contribution >= 0.6 is 27.3 Å². The number of hydrogen-bond acceptors (Lipinski definition) is 6. The van der Waals surface area contributed by atoms with Gasteiger partial charge in [-0.3, -0.25) is 9.69 Å². The lowest BCUT2D eigenvalue weighted by Crippen LogP contribution is -2.26. The lowest BCUT2D eigenvalue weighted by molar-refractivity contribution is 0.0600. The molecule has 1 heterocycles. The number of rotatable bonds is 4. The van der Waals surface area contributed by atoms with Crippen molar-refractivity contribution in [3.8, 4) is 10.6 Å². The van der Waals surface area contributed by atoms with Gasteiger partial charge in [0.2, 0.25) is 5.13 Å². The Morgan fingerprint density at radius 2 is 1.77 bits per heavy atom. The number of benzene rings is 2. The maximum atomic E-state index is 12.7. The summed E-state index contributed by atoms with van der Waals surface area (Å²) in [4.78, 5) is 25.8. The van der Waals surface area contributed by atoms with Gasteiger partial charge in [0.15, 0.2) is 0 Å². The fourth-order valence-electron chi connectivity index (χ4n) is 2.24. The smallest absolute Gasteiger partial charge is 0.337 e. The van der Waals surface area contributed by atoms with E-state index in [1.54, 1.807) is 25.2 Å². The second kappa shape index (κ2) is 7.76. The zero-order chi connectivity index (χ0) is 18.7. The van der Waals surface area contributed by atoms with Gasteiger partial charge >= 0.3 is 5.97 Å². The van der Waals surface area contributed by atoms with Gasteiger partial charge in [0.1, 0.15) is 5.01 Å². The summed E-state index contributed by atoms with van der Waals surface area (Å²) in [7, 11) is 2.92. The number of hydrogen-bond donors (Lipinski definition) is 0. The summed E-state index contributed by atoms with van der Waals surface area (Å²) in [6, 6.07) is 14.1. The number of ether oxygens (including phenoxy) is 1. The lowest BCUT2D eigenvalue weighted by atomic mass is 10.1. The Bertz CT molecular complexity index is 956. The SMILES string of the molecule is COC(=O)c1cccc(C(=O)N(C)c2nnc(-c3ccc(Br)cc3)s2)c1. The van der Waals surface area contributed by atoms with Crippen molar-refractivity contribution in [2.24, 2.45) is 0 Å². The third kappa shape index (κ3) is 3.81. The molecular weight excluding hydrogens is 418 g/mol. The van der Waals surface area contributed by atoms with E-state index in [4.69, 9.17) is 0 Å². The molecule has 3 aromatic rings. The highest BCUT2D eigenvalue weighted by Crippen LogP contribution is 2.29. The molecule has 0 atom stereocenters. The van der Waals surface area contributed by atoms with Crippen LogP contribution in [0.3, 0.4) is 0 Å². The molecule has 0 saturated heterocycles. The number of aromatic nitrogens is 2. The van der Waals surface area contributed by atoms with Crippen LogP contribution in [0.1, 0.15) is 20.7 Å². The molecule has 3 rings (SSSR count). The van der Waals surface area contributed by atoms with Gasteiger partial charge in [-0.05, 0) is 30.3 Å². The van der Waals surface area contributed by atoms with Gasteiger partial charge in [-0.1, -0.05) is 45.5 Å². The van der Waals surface area contributed by atoms with Crippen molar-refractivity contribution in [2.75, 3.05) is 19.1 Å². The molecule has 2 aromatic carbocycles. The first-order valence-corrected chi connectivity index (χ1v) is 9.16. The summed E-state index contributed by atoms with van der Waals surface area (Å²) < 4.78 is 5.67. The zero-order valence-corrected chi connectivity index (χ0v) is 16.4. The lowest BCUT2D eigenvalue weighted by Gasteiger charge is -2.13. The van der Waals surface area contributed by atoms with E-state index in [9.17, 15) is 9.59 Å². The molecule has 6 nitrogen and oxygen atoms in total. The molecule has 8 heteroatoms. The van der Waals surface area contributed by atoms with Gasteiger partial charge < -0.3 is 4.74 Å². The summed E-state index contributed by atoms with van der Waals surface area (Å²) in [6.45, 7) is 0. The second-order valence-electron chi connectivity index (χ2n) is 5.33. The molecule has 0 fully saturated rings. The highest BCUT2D eigenvalue weighted by atomic mass is 79.9. The normalized spacial score (nSPS) is 10.4. The van der Waals surface area contributed by atoms with Crippen LogP contribution in [-0.2, 0) is 4.74 Å². The van der Waals surface area contributed by atoms with E-state index in [-0.39, 0.29) is 5.91 Å². The molecule has 0 aliphatic carbocycles. The van der Waals surface area contributed by atoms with Gasteiger partial charge in [0, 0.05) is 22.6 Å². The highest BCUT2D eigenvalue weighted by Gasteiger charge is 2.19. The number of anilines is 1. The Morgan fingerprint density at radius 3 is 2.46 bits per heavy atom. The minimum atomic E-state index is -0.490. The molecule has 0 radical (unpaired) electrons. The van der Waals surface area contributed by atoms with Crippen LogP contribution in [0.2, 0.25) is 0 Å². The number of methoxy groups -OCH3 is 1. The predicted molar refractivity (Wildman–Crippen MR) is 104 cm³/mol. The Balaban J connectivity index is 1.83. The van der Waals surface area contributed by atoms with E-state index < -0.39 is 5.97 Å². The third-order valence-corrected chi connectivity index (χ3v) is 5.21. The van der Waals surface area contributed by atoms with Gasteiger partial charge in [-0.25, -0.2) is 4.79 Å². The average molecular weight is 432 g/mol. The third-order valence-electron chi connectivity index (χ3n) is 3.63. The van der Waals surface area contributed by atoms with Crippen molar-refractivity contribution in [1.82, 2.24) is 10.2 Å². The monoisotopic (exact) mass is 431 g/mol. The fourth-order valence-corrected chi connectivity index (χ4v) is 3.31.